The zero-order valence-electron chi connectivity index (χ0n) is 9.69. The average molecular weight is 258 g/mol. The Bertz CT molecular complexity index is 449. The van der Waals surface area contributed by atoms with Crippen molar-refractivity contribution in [1.29, 1.82) is 0 Å². The first kappa shape index (κ1) is 12.3. The number of anilines is 1. The quantitative estimate of drug-likeness (QED) is 0.747. The van der Waals surface area contributed by atoms with Gasteiger partial charge in [-0.15, -0.1) is 0 Å². The van der Waals surface area contributed by atoms with Crippen LogP contribution in [0.1, 0.15) is 0 Å². The number of hydrogen-bond donors (Lipinski definition) is 2. The summed E-state index contributed by atoms with van der Waals surface area (Å²) < 4.78 is 0. The first-order chi connectivity index (χ1) is 8.13. The van der Waals surface area contributed by atoms with Crippen LogP contribution in [0.3, 0.4) is 0 Å². The van der Waals surface area contributed by atoms with E-state index in [-0.39, 0.29) is 16.6 Å². The smallest absolute Gasteiger partial charge is 0.271 e. The fraction of sp³-hybridized carbons (Fsp3) is 0.600. The molecule has 1 atom stereocenters. The normalized spacial score (nSPS) is 21.8. The minimum atomic E-state index is -0.314. The lowest BCUT2D eigenvalue weighted by Gasteiger charge is -2.40. The van der Waals surface area contributed by atoms with Crippen LogP contribution >= 0.6 is 11.6 Å². The van der Waals surface area contributed by atoms with E-state index in [1.807, 2.05) is 11.9 Å². The molecule has 94 valence electrons. The van der Waals surface area contributed by atoms with E-state index in [9.17, 15) is 4.79 Å². The number of rotatable bonds is 2. The lowest BCUT2D eigenvalue weighted by Crippen LogP contribution is -2.55. The Hall–Kier alpha value is -1.11. The summed E-state index contributed by atoms with van der Waals surface area (Å²) in [7, 11) is 2.05. The summed E-state index contributed by atoms with van der Waals surface area (Å²) in [5.41, 5.74) is 5.44. The molecule has 6 nitrogen and oxygen atoms in total. The van der Waals surface area contributed by atoms with Crippen molar-refractivity contribution in [2.75, 3.05) is 38.1 Å². The number of nitrogens with zero attached hydrogens (tertiary/aromatic N) is 3. The second-order valence-corrected chi connectivity index (χ2v) is 4.59. The minimum Gasteiger partial charge on any atom is -0.348 e. The molecule has 3 N–H and O–H groups in total. The molecule has 0 spiro atoms. The highest BCUT2D eigenvalue weighted by Crippen LogP contribution is 2.22. The van der Waals surface area contributed by atoms with Crippen LogP contribution in [0.15, 0.2) is 11.1 Å². The first-order valence-corrected chi connectivity index (χ1v) is 5.89. The highest BCUT2D eigenvalue weighted by atomic mass is 35.5. The number of hydrogen-bond acceptors (Lipinski definition) is 5. The number of nitrogens with one attached hydrogen (secondary N) is 1. The van der Waals surface area contributed by atoms with Gasteiger partial charge in [0.05, 0.1) is 12.4 Å². The Morgan fingerprint density at radius 2 is 2.41 bits per heavy atom. The van der Waals surface area contributed by atoms with E-state index in [1.54, 1.807) is 0 Å². The predicted octanol–water partition coefficient (Wildman–Crippen LogP) is -0.498. The van der Waals surface area contributed by atoms with Gasteiger partial charge in [-0.1, -0.05) is 11.6 Å². The molecular weight excluding hydrogens is 242 g/mol. The van der Waals surface area contributed by atoms with E-state index < -0.39 is 0 Å². The molecule has 17 heavy (non-hydrogen) atoms. The van der Waals surface area contributed by atoms with E-state index in [2.05, 4.69) is 14.9 Å². The number of likely N-dealkylation sites (N-methyl/N-ethyl adjacent to an activating group) is 1. The van der Waals surface area contributed by atoms with Crippen molar-refractivity contribution in [2.24, 2.45) is 5.73 Å². The maximum atomic E-state index is 11.4. The van der Waals surface area contributed by atoms with Gasteiger partial charge in [-0.2, -0.15) is 0 Å². The van der Waals surface area contributed by atoms with Gasteiger partial charge in [0.15, 0.2) is 5.82 Å². The average Bonchev–Trinajstić information content (AvgIpc) is 2.33. The fourth-order valence-corrected chi connectivity index (χ4v) is 2.28. The molecule has 1 fully saturated rings. The second-order valence-electron chi connectivity index (χ2n) is 4.21. The highest BCUT2D eigenvalue weighted by molar-refractivity contribution is 6.32. The van der Waals surface area contributed by atoms with Crippen LogP contribution in [-0.2, 0) is 0 Å². The molecule has 1 aromatic rings. The molecule has 1 aromatic heterocycles. The summed E-state index contributed by atoms with van der Waals surface area (Å²) in [6, 6.07) is 0.139. The van der Waals surface area contributed by atoms with Crippen LogP contribution < -0.4 is 16.2 Å². The molecule has 0 aliphatic carbocycles. The Morgan fingerprint density at radius 3 is 3.12 bits per heavy atom. The molecule has 0 amide bonds. The van der Waals surface area contributed by atoms with E-state index in [1.165, 1.54) is 6.33 Å². The summed E-state index contributed by atoms with van der Waals surface area (Å²) in [6.45, 7) is 3.03. The van der Waals surface area contributed by atoms with Gasteiger partial charge >= 0.3 is 0 Å². The van der Waals surface area contributed by atoms with Crippen molar-refractivity contribution in [3.05, 3.63) is 21.7 Å². The molecule has 2 rings (SSSR count). The summed E-state index contributed by atoms with van der Waals surface area (Å²) in [5.74, 6) is 0.527. The molecular formula is C10H16ClN5O. The van der Waals surface area contributed by atoms with Crippen LogP contribution in [0, 0.1) is 0 Å². The summed E-state index contributed by atoms with van der Waals surface area (Å²) in [4.78, 5) is 22.3. The molecule has 1 aliphatic rings. The standard InChI is InChI=1S/C10H16ClN5O/c1-15-2-3-16(7(4-12)5-15)9-8(11)10(17)14-6-13-9/h6-7H,2-5,12H2,1H3,(H,13,14,17). The lowest BCUT2D eigenvalue weighted by atomic mass is 10.1. The molecule has 7 heteroatoms. The predicted molar refractivity (Wildman–Crippen MR) is 67.6 cm³/mol. The molecule has 0 bridgehead atoms. The van der Waals surface area contributed by atoms with Gasteiger partial charge in [0.1, 0.15) is 5.02 Å². The van der Waals surface area contributed by atoms with Crippen molar-refractivity contribution in [1.82, 2.24) is 14.9 Å². The number of H-pyrrole nitrogens is 1. The maximum absolute atomic E-state index is 11.4. The zero-order chi connectivity index (χ0) is 12.4. The molecule has 1 aliphatic heterocycles. The van der Waals surface area contributed by atoms with Crippen LogP contribution in [0.2, 0.25) is 5.02 Å². The van der Waals surface area contributed by atoms with Gasteiger partial charge in [-0.3, -0.25) is 4.79 Å². The molecule has 0 radical (unpaired) electrons. The van der Waals surface area contributed by atoms with Crippen molar-refractivity contribution in [2.45, 2.75) is 6.04 Å². The molecule has 0 saturated carbocycles. The van der Waals surface area contributed by atoms with Gasteiger partial charge in [0, 0.05) is 26.2 Å². The van der Waals surface area contributed by atoms with E-state index in [4.69, 9.17) is 17.3 Å². The van der Waals surface area contributed by atoms with Crippen LogP contribution in [0.4, 0.5) is 5.82 Å². The fourth-order valence-electron chi connectivity index (χ4n) is 2.07. The SMILES string of the molecule is CN1CCN(c2nc[nH]c(=O)c2Cl)C(CN)C1. The largest absolute Gasteiger partial charge is 0.348 e. The Labute approximate surface area is 104 Å². The summed E-state index contributed by atoms with van der Waals surface area (Å²) in [6.07, 6.45) is 1.37. The molecule has 1 saturated heterocycles. The molecule has 2 heterocycles. The van der Waals surface area contributed by atoms with Crippen molar-refractivity contribution in [3.8, 4) is 0 Å². The van der Waals surface area contributed by atoms with Gasteiger partial charge in [0.25, 0.3) is 5.56 Å². The third kappa shape index (κ3) is 2.43. The van der Waals surface area contributed by atoms with Gasteiger partial charge < -0.3 is 20.5 Å². The number of piperazine rings is 1. The number of aromatic nitrogens is 2. The Morgan fingerprint density at radius 1 is 1.65 bits per heavy atom. The van der Waals surface area contributed by atoms with Crippen molar-refractivity contribution < 1.29 is 0 Å². The van der Waals surface area contributed by atoms with E-state index >= 15 is 0 Å². The monoisotopic (exact) mass is 257 g/mol. The van der Waals surface area contributed by atoms with Crippen LogP contribution in [0.25, 0.3) is 0 Å². The number of nitrogens with two attached hydrogens (primary N) is 1. The third-order valence-electron chi connectivity index (χ3n) is 3.01. The van der Waals surface area contributed by atoms with Gasteiger partial charge in [-0.05, 0) is 7.05 Å². The van der Waals surface area contributed by atoms with Crippen molar-refractivity contribution >= 4 is 17.4 Å². The Kier molecular flexibility index (Phi) is 3.66. The van der Waals surface area contributed by atoms with Gasteiger partial charge in [-0.25, -0.2) is 4.98 Å². The van der Waals surface area contributed by atoms with Crippen LogP contribution in [0.5, 0.6) is 0 Å². The van der Waals surface area contributed by atoms with E-state index in [0.717, 1.165) is 19.6 Å². The first-order valence-electron chi connectivity index (χ1n) is 5.52. The van der Waals surface area contributed by atoms with Crippen LogP contribution in [-0.4, -0.2) is 54.1 Å². The highest BCUT2D eigenvalue weighted by Gasteiger charge is 2.27. The van der Waals surface area contributed by atoms with Gasteiger partial charge in [0.2, 0.25) is 0 Å². The topological polar surface area (TPSA) is 78.2 Å². The zero-order valence-corrected chi connectivity index (χ0v) is 10.4. The van der Waals surface area contributed by atoms with Crippen molar-refractivity contribution in [3.63, 3.8) is 0 Å². The third-order valence-corrected chi connectivity index (χ3v) is 3.35. The number of aromatic amines is 1. The van der Waals surface area contributed by atoms with E-state index in [0.29, 0.717) is 12.4 Å². The Balaban J connectivity index is 2.32. The lowest BCUT2D eigenvalue weighted by molar-refractivity contribution is 0.268. The summed E-state index contributed by atoms with van der Waals surface area (Å²) in [5, 5.41) is 0.135. The molecule has 0 aromatic carbocycles. The molecule has 1 unspecified atom stereocenters. The second kappa shape index (κ2) is 5.03. The maximum Gasteiger partial charge on any atom is 0.271 e. The minimum absolute atomic E-state index is 0.135. The summed E-state index contributed by atoms with van der Waals surface area (Å²) >= 11 is 5.98. The number of halogens is 1.